The lowest BCUT2D eigenvalue weighted by atomic mass is 9.93. The second kappa shape index (κ2) is 9.74. The van der Waals surface area contributed by atoms with Crippen LogP contribution in [0.2, 0.25) is 0 Å². The highest BCUT2D eigenvalue weighted by Crippen LogP contribution is 2.43. The number of ketones is 1. The number of aryl methyl sites for hydroxylation is 2. The van der Waals surface area contributed by atoms with Gasteiger partial charge in [-0.25, -0.2) is 0 Å². The fourth-order valence-corrected chi connectivity index (χ4v) is 4.42. The van der Waals surface area contributed by atoms with E-state index >= 15 is 0 Å². The zero-order valence-corrected chi connectivity index (χ0v) is 20.7. The van der Waals surface area contributed by atoms with Gasteiger partial charge in [0, 0.05) is 23.6 Å². The largest absolute Gasteiger partial charge is 0.507 e. The summed E-state index contributed by atoms with van der Waals surface area (Å²) >= 11 is 0. The Morgan fingerprint density at radius 2 is 1.74 bits per heavy atom. The Morgan fingerprint density at radius 1 is 1.03 bits per heavy atom. The summed E-state index contributed by atoms with van der Waals surface area (Å²) < 4.78 is 5.75. The molecule has 2 aromatic carbocycles. The number of amides is 1. The van der Waals surface area contributed by atoms with Gasteiger partial charge in [0.25, 0.3) is 11.7 Å². The molecule has 4 rings (SSSR count). The molecule has 6 nitrogen and oxygen atoms in total. The highest BCUT2D eigenvalue weighted by molar-refractivity contribution is 6.51. The molecule has 35 heavy (non-hydrogen) atoms. The Hall–Kier alpha value is -3.93. The third-order valence-electron chi connectivity index (χ3n) is 6.44. The van der Waals surface area contributed by atoms with Crippen molar-refractivity contribution in [1.29, 1.82) is 0 Å². The minimum absolute atomic E-state index is 0.0540. The number of carbonyl (C=O) groups excluding carboxylic acids is 2. The lowest BCUT2D eigenvalue weighted by Crippen LogP contribution is -2.29. The second-order valence-electron chi connectivity index (χ2n) is 9.06. The Kier molecular flexibility index (Phi) is 6.74. The molecule has 180 valence electrons. The van der Waals surface area contributed by atoms with Gasteiger partial charge < -0.3 is 9.84 Å². The summed E-state index contributed by atoms with van der Waals surface area (Å²) in [4.78, 5) is 32.3. The van der Waals surface area contributed by atoms with Crippen molar-refractivity contribution >= 4 is 23.1 Å². The maximum absolute atomic E-state index is 13.4. The standard InChI is InChI=1S/C29H30N2O4/c1-6-35-24-10-8-21(16-23(24)17(2)3)27(32)25-26(20-11-13-30-14-12-20)31(29(34)28(25)33)22-9-7-18(4)19(5)15-22/h7-17,26,32H,6H2,1-5H3/b27-25-. The van der Waals surface area contributed by atoms with E-state index in [-0.39, 0.29) is 17.3 Å². The lowest BCUT2D eigenvalue weighted by molar-refractivity contribution is -0.132. The molecule has 0 saturated carbocycles. The van der Waals surface area contributed by atoms with Crippen molar-refractivity contribution in [2.75, 3.05) is 11.5 Å². The summed E-state index contributed by atoms with van der Waals surface area (Å²) in [5.41, 5.74) is 4.82. The molecule has 1 saturated heterocycles. The Balaban J connectivity index is 1.92. The number of aliphatic hydroxyl groups excluding tert-OH is 1. The molecule has 0 bridgehead atoms. The first-order valence-corrected chi connectivity index (χ1v) is 11.8. The van der Waals surface area contributed by atoms with Crippen molar-refractivity contribution in [1.82, 2.24) is 4.98 Å². The monoisotopic (exact) mass is 470 g/mol. The van der Waals surface area contributed by atoms with Crippen LogP contribution in [0, 0.1) is 13.8 Å². The summed E-state index contributed by atoms with van der Waals surface area (Å²) in [6.07, 6.45) is 3.23. The predicted octanol–water partition coefficient (Wildman–Crippen LogP) is 5.85. The smallest absolute Gasteiger partial charge is 0.300 e. The Bertz CT molecular complexity index is 1310. The molecule has 1 atom stereocenters. The first-order chi connectivity index (χ1) is 16.7. The van der Waals surface area contributed by atoms with E-state index in [0.29, 0.717) is 23.4 Å². The molecule has 0 spiro atoms. The molecule has 0 aliphatic carbocycles. The SMILES string of the molecule is CCOc1ccc(/C(O)=C2/C(=O)C(=O)N(c3ccc(C)c(C)c3)C2c2ccncc2)cc1C(C)C. The van der Waals surface area contributed by atoms with Gasteiger partial charge in [-0.3, -0.25) is 19.5 Å². The van der Waals surface area contributed by atoms with Gasteiger partial charge in [0.1, 0.15) is 11.5 Å². The van der Waals surface area contributed by atoms with Crippen LogP contribution in [0.5, 0.6) is 5.75 Å². The average Bonchev–Trinajstić information content (AvgIpc) is 3.11. The number of carbonyl (C=O) groups is 2. The third kappa shape index (κ3) is 4.44. The molecule has 2 heterocycles. The van der Waals surface area contributed by atoms with Gasteiger partial charge in [0.05, 0.1) is 18.2 Å². The summed E-state index contributed by atoms with van der Waals surface area (Å²) in [7, 11) is 0. The van der Waals surface area contributed by atoms with Gasteiger partial charge in [-0.15, -0.1) is 0 Å². The van der Waals surface area contributed by atoms with Gasteiger partial charge in [0.2, 0.25) is 0 Å². The molecule has 3 aromatic rings. The Morgan fingerprint density at radius 3 is 2.37 bits per heavy atom. The predicted molar refractivity (Wildman–Crippen MR) is 137 cm³/mol. The van der Waals surface area contributed by atoms with Crippen LogP contribution in [0.4, 0.5) is 5.69 Å². The van der Waals surface area contributed by atoms with Crippen LogP contribution in [0.25, 0.3) is 5.76 Å². The fourth-order valence-electron chi connectivity index (χ4n) is 4.42. The van der Waals surface area contributed by atoms with Crippen molar-refractivity contribution in [3.63, 3.8) is 0 Å². The third-order valence-corrected chi connectivity index (χ3v) is 6.44. The highest BCUT2D eigenvalue weighted by Gasteiger charge is 2.47. The van der Waals surface area contributed by atoms with Crippen LogP contribution in [0.3, 0.4) is 0 Å². The zero-order valence-electron chi connectivity index (χ0n) is 20.7. The topological polar surface area (TPSA) is 79.7 Å². The molecular weight excluding hydrogens is 440 g/mol. The number of nitrogens with zero attached hydrogens (tertiary/aromatic N) is 2. The molecule has 1 aliphatic heterocycles. The fraction of sp³-hybridized carbons (Fsp3) is 0.276. The van der Waals surface area contributed by atoms with Crippen LogP contribution >= 0.6 is 0 Å². The van der Waals surface area contributed by atoms with Gasteiger partial charge >= 0.3 is 0 Å². The number of pyridine rings is 1. The van der Waals surface area contributed by atoms with E-state index in [0.717, 1.165) is 22.4 Å². The molecule has 1 aromatic heterocycles. The Labute approximate surface area is 205 Å². The second-order valence-corrected chi connectivity index (χ2v) is 9.06. The van der Waals surface area contributed by atoms with Gasteiger partial charge in [0.15, 0.2) is 0 Å². The molecule has 1 unspecified atom stereocenters. The number of aromatic nitrogens is 1. The summed E-state index contributed by atoms with van der Waals surface area (Å²) in [5.74, 6) is -0.728. The summed E-state index contributed by atoms with van der Waals surface area (Å²) in [6, 6.07) is 13.7. The van der Waals surface area contributed by atoms with Crippen molar-refractivity contribution < 1.29 is 19.4 Å². The van der Waals surface area contributed by atoms with E-state index in [4.69, 9.17) is 4.74 Å². The molecule has 6 heteroatoms. The van der Waals surface area contributed by atoms with E-state index in [9.17, 15) is 14.7 Å². The quantitative estimate of drug-likeness (QED) is 0.278. The van der Waals surface area contributed by atoms with E-state index < -0.39 is 17.7 Å². The highest BCUT2D eigenvalue weighted by atomic mass is 16.5. The molecular formula is C29H30N2O4. The van der Waals surface area contributed by atoms with Crippen molar-refractivity contribution in [3.05, 3.63) is 94.3 Å². The first-order valence-electron chi connectivity index (χ1n) is 11.8. The van der Waals surface area contributed by atoms with Gasteiger partial charge in [-0.05, 0) is 91.4 Å². The molecule has 1 N–H and O–H groups in total. The van der Waals surface area contributed by atoms with Crippen molar-refractivity contribution in [2.24, 2.45) is 0 Å². The lowest BCUT2D eigenvalue weighted by Gasteiger charge is -2.26. The maximum Gasteiger partial charge on any atom is 0.300 e. The zero-order chi connectivity index (χ0) is 25.3. The summed E-state index contributed by atoms with van der Waals surface area (Å²) in [6.45, 7) is 10.5. The molecule has 1 amide bonds. The van der Waals surface area contributed by atoms with Crippen molar-refractivity contribution in [3.8, 4) is 5.75 Å². The number of hydrogen-bond donors (Lipinski definition) is 1. The van der Waals surface area contributed by atoms with Crippen LogP contribution < -0.4 is 9.64 Å². The number of benzene rings is 2. The minimum atomic E-state index is -0.783. The van der Waals surface area contributed by atoms with Crippen LogP contribution in [-0.4, -0.2) is 28.4 Å². The van der Waals surface area contributed by atoms with Crippen LogP contribution in [0.1, 0.15) is 60.5 Å². The van der Waals surface area contributed by atoms with Gasteiger partial charge in [-0.1, -0.05) is 19.9 Å². The molecule has 1 fully saturated rings. The molecule has 0 radical (unpaired) electrons. The minimum Gasteiger partial charge on any atom is -0.507 e. The maximum atomic E-state index is 13.4. The number of hydrogen-bond acceptors (Lipinski definition) is 5. The number of ether oxygens (including phenoxy) is 1. The number of rotatable bonds is 6. The normalized spacial score (nSPS) is 17.3. The number of anilines is 1. The van der Waals surface area contributed by atoms with E-state index in [1.54, 1.807) is 36.7 Å². The summed E-state index contributed by atoms with van der Waals surface area (Å²) in [5, 5.41) is 11.5. The van der Waals surface area contributed by atoms with E-state index in [1.807, 2.05) is 58.9 Å². The first kappa shape index (κ1) is 24.2. The van der Waals surface area contributed by atoms with Gasteiger partial charge in [-0.2, -0.15) is 0 Å². The van der Waals surface area contributed by atoms with E-state index in [2.05, 4.69) is 4.98 Å². The van der Waals surface area contributed by atoms with Crippen LogP contribution in [0.15, 0.2) is 66.5 Å². The number of Topliss-reactive ketones (excluding diaryl/α,β-unsaturated/α-hetero) is 1. The number of aliphatic hydroxyl groups is 1. The van der Waals surface area contributed by atoms with Crippen LogP contribution in [-0.2, 0) is 9.59 Å². The van der Waals surface area contributed by atoms with Crippen molar-refractivity contribution in [2.45, 2.75) is 46.6 Å². The molecule has 1 aliphatic rings. The average molecular weight is 471 g/mol. The van der Waals surface area contributed by atoms with E-state index in [1.165, 1.54) is 4.90 Å².